The number of sulfonamides is 1. The highest BCUT2D eigenvalue weighted by molar-refractivity contribution is 7.89. The van der Waals surface area contributed by atoms with Crippen molar-refractivity contribution in [1.82, 2.24) is 9.62 Å². The van der Waals surface area contributed by atoms with Gasteiger partial charge in [-0.05, 0) is 18.6 Å². The van der Waals surface area contributed by atoms with Crippen molar-refractivity contribution in [2.75, 3.05) is 32.5 Å². The van der Waals surface area contributed by atoms with Crippen molar-refractivity contribution in [2.24, 2.45) is 0 Å². The quantitative estimate of drug-likeness (QED) is 0.760. The molecule has 1 aromatic rings. The van der Waals surface area contributed by atoms with E-state index in [9.17, 15) is 17.6 Å². The first-order valence-corrected chi connectivity index (χ1v) is 7.70. The van der Waals surface area contributed by atoms with Crippen LogP contribution in [0.1, 0.15) is 6.42 Å². The zero-order valence-electron chi connectivity index (χ0n) is 11.4. The molecule has 0 bridgehead atoms. The molecule has 9 heteroatoms. The fraction of sp³-hybridized carbons (Fsp3) is 0.417. The van der Waals surface area contributed by atoms with Crippen LogP contribution in [0.4, 0.5) is 10.1 Å². The van der Waals surface area contributed by atoms with Gasteiger partial charge in [0, 0.05) is 13.1 Å². The highest BCUT2D eigenvalue weighted by atomic mass is 32.2. The molecule has 0 aromatic heterocycles. The van der Waals surface area contributed by atoms with Gasteiger partial charge >= 0.3 is 0 Å². The summed E-state index contributed by atoms with van der Waals surface area (Å²) in [5.41, 5.74) is 5.47. The molecule has 116 valence electrons. The number of benzene rings is 1. The van der Waals surface area contributed by atoms with E-state index in [0.29, 0.717) is 13.0 Å². The van der Waals surface area contributed by atoms with E-state index in [1.54, 1.807) is 0 Å². The second-order valence-electron chi connectivity index (χ2n) is 4.57. The molecule has 0 saturated carbocycles. The highest BCUT2D eigenvalue weighted by Crippen LogP contribution is 2.30. The predicted molar refractivity (Wildman–Crippen MR) is 73.7 cm³/mol. The van der Waals surface area contributed by atoms with E-state index in [0.717, 1.165) is 16.4 Å². The van der Waals surface area contributed by atoms with Crippen LogP contribution in [0.2, 0.25) is 0 Å². The Morgan fingerprint density at radius 3 is 2.76 bits per heavy atom. The molecule has 1 saturated heterocycles. The molecular weight excluding hydrogens is 301 g/mol. The number of nitrogens with zero attached hydrogens (tertiary/aromatic N) is 1. The average Bonchev–Trinajstić information content (AvgIpc) is 2.63. The van der Waals surface area contributed by atoms with Crippen LogP contribution in [0, 0.1) is 5.82 Å². The molecule has 0 spiro atoms. The number of hydrogen-bond donors (Lipinski definition) is 2. The van der Waals surface area contributed by atoms with Crippen molar-refractivity contribution in [3.63, 3.8) is 0 Å². The Hall–Kier alpha value is -1.87. The number of ether oxygens (including phenoxy) is 1. The topological polar surface area (TPSA) is 102 Å². The number of methoxy groups -OCH3 is 1. The molecule has 3 N–H and O–H groups in total. The van der Waals surface area contributed by atoms with Crippen molar-refractivity contribution in [3.8, 4) is 5.75 Å². The number of nitrogens with two attached hydrogens (primary N) is 1. The van der Waals surface area contributed by atoms with Crippen LogP contribution in [0.5, 0.6) is 5.75 Å². The molecule has 1 heterocycles. The molecule has 1 aliphatic rings. The van der Waals surface area contributed by atoms with Gasteiger partial charge in [0.15, 0.2) is 11.6 Å². The van der Waals surface area contributed by atoms with Crippen LogP contribution in [-0.2, 0) is 14.8 Å². The van der Waals surface area contributed by atoms with Gasteiger partial charge in [-0.2, -0.15) is 4.31 Å². The maximum absolute atomic E-state index is 13.8. The lowest BCUT2D eigenvalue weighted by molar-refractivity contribution is -0.120. The molecule has 21 heavy (non-hydrogen) atoms. The van der Waals surface area contributed by atoms with Crippen molar-refractivity contribution >= 4 is 21.6 Å². The van der Waals surface area contributed by atoms with Crippen LogP contribution >= 0.6 is 0 Å². The van der Waals surface area contributed by atoms with E-state index in [1.165, 1.54) is 7.11 Å². The number of carbonyl (C=O) groups excluding carboxylic acids is 1. The number of nitrogen functional groups attached to an aromatic ring is 1. The zero-order chi connectivity index (χ0) is 15.6. The van der Waals surface area contributed by atoms with Crippen molar-refractivity contribution in [3.05, 3.63) is 17.9 Å². The first-order chi connectivity index (χ1) is 9.86. The van der Waals surface area contributed by atoms with Crippen LogP contribution < -0.4 is 15.8 Å². The SMILES string of the molecule is COc1c(N)cc(S(=O)(=O)N2CCCNC(=O)C2)cc1F. The number of hydrogen-bond acceptors (Lipinski definition) is 5. The van der Waals surface area contributed by atoms with Crippen LogP contribution in [0.3, 0.4) is 0 Å². The maximum Gasteiger partial charge on any atom is 0.243 e. The normalized spacial score (nSPS) is 17.1. The van der Waals surface area contributed by atoms with Gasteiger partial charge in [-0.3, -0.25) is 4.79 Å². The summed E-state index contributed by atoms with van der Waals surface area (Å²) in [7, 11) is -2.75. The molecule has 0 radical (unpaired) electrons. The first-order valence-electron chi connectivity index (χ1n) is 6.26. The summed E-state index contributed by atoms with van der Waals surface area (Å²) < 4.78 is 44.5. The molecule has 0 atom stereocenters. The minimum atomic E-state index is -3.99. The van der Waals surface area contributed by atoms with Crippen molar-refractivity contribution in [2.45, 2.75) is 11.3 Å². The van der Waals surface area contributed by atoms with Gasteiger partial charge in [-0.15, -0.1) is 0 Å². The van der Waals surface area contributed by atoms with Gasteiger partial charge in [-0.1, -0.05) is 0 Å². The lowest BCUT2D eigenvalue weighted by Gasteiger charge is -2.19. The van der Waals surface area contributed by atoms with Gasteiger partial charge in [0.25, 0.3) is 0 Å². The zero-order valence-corrected chi connectivity index (χ0v) is 12.2. The van der Waals surface area contributed by atoms with E-state index in [1.807, 2.05) is 0 Å². The standard InChI is InChI=1S/C12H16FN3O4S/c1-20-12-9(13)5-8(6-10(12)14)21(18,19)16-4-2-3-15-11(17)7-16/h5-6H,2-4,7,14H2,1H3,(H,15,17). The lowest BCUT2D eigenvalue weighted by atomic mass is 10.3. The van der Waals surface area contributed by atoms with Gasteiger partial charge in [0.05, 0.1) is 24.2 Å². The largest absolute Gasteiger partial charge is 0.492 e. The van der Waals surface area contributed by atoms with Crippen LogP contribution in [0.15, 0.2) is 17.0 Å². The summed E-state index contributed by atoms with van der Waals surface area (Å²) in [5, 5.41) is 2.58. The summed E-state index contributed by atoms with van der Waals surface area (Å²) >= 11 is 0. The Bertz CT molecular complexity index is 639. The Labute approximate surface area is 121 Å². The third-order valence-electron chi connectivity index (χ3n) is 3.11. The monoisotopic (exact) mass is 317 g/mol. The third kappa shape index (κ3) is 3.08. The summed E-state index contributed by atoms with van der Waals surface area (Å²) in [5.74, 6) is -1.46. The number of amides is 1. The third-order valence-corrected chi connectivity index (χ3v) is 4.94. The molecule has 1 fully saturated rings. The van der Waals surface area contributed by atoms with E-state index in [2.05, 4.69) is 5.32 Å². The summed E-state index contributed by atoms with van der Waals surface area (Å²) in [6.07, 6.45) is 0.485. The number of carbonyl (C=O) groups is 1. The average molecular weight is 317 g/mol. The van der Waals surface area contributed by atoms with Gasteiger partial charge in [0.2, 0.25) is 15.9 Å². The molecule has 7 nitrogen and oxygen atoms in total. The Morgan fingerprint density at radius 2 is 2.14 bits per heavy atom. The van der Waals surface area contributed by atoms with Crippen LogP contribution in [0.25, 0.3) is 0 Å². The van der Waals surface area contributed by atoms with Crippen molar-refractivity contribution < 1.29 is 22.3 Å². The van der Waals surface area contributed by atoms with E-state index < -0.39 is 21.7 Å². The summed E-state index contributed by atoms with van der Waals surface area (Å²) in [6.45, 7) is 0.286. The van der Waals surface area contributed by atoms with Gasteiger partial charge in [0.1, 0.15) is 0 Å². The Balaban J connectivity index is 2.41. The molecular formula is C12H16FN3O4S. The highest BCUT2D eigenvalue weighted by Gasteiger charge is 2.29. The number of halogens is 1. The minimum Gasteiger partial charge on any atom is -0.492 e. The van der Waals surface area contributed by atoms with Gasteiger partial charge < -0.3 is 15.8 Å². The minimum absolute atomic E-state index is 0.115. The number of rotatable bonds is 3. The van der Waals surface area contributed by atoms with Gasteiger partial charge in [-0.25, -0.2) is 12.8 Å². The second kappa shape index (κ2) is 5.86. The summed E-state index contributed by atoms with van der Waals surface area (Å²) in [4.78, 5) is 11.2. The van der Waals surface area contributed by atoms with Crippen molar-refractivity contribution in [1.29, 1.82) is 0 Å². The molecule has 0 aliphatic carbocycles. The fourth-order valence-corrected chi connectivity index (χ4v) is 3.57. The number of nitrogens with one attached hydrogen (secondary N) is 1. The summed E-state index contributed by atoms with van der Waals surface area (Å²) in [6, 6.07) is 1.97. The number of anilines is 1. The van der Waals surface area contributed by atoms with E-state index in [-0.39, 0.29) is 29.4 Å². The molecule has 1 aromatic carbocycles. The lowest BCUT2D eigenvalue weighted by Crippen LogP contribution is -2.37. The molecule has 1 amide bonds. The Morgan fingerprint density at radius 1 is 1.43 bits per heavy atom. The van der Waals surface area contributed by atoms with Crippen LogP contribution in [-0.4, -0.2) is 45.4 Å². The predicted octanol–water partition coefficient (Wildman–Crippen LogP) is -0.0729. The van der Waals surface area contributed by atoms with E-state index in [4.69, 9.17) is 10.5 Å². The first kappa shape index (κ1) is 15.5. The molecule has 0 unspecified atom stereocenters. The molecule has 1 aliphatic heterocycles. The van der Waals surface area contributed by atoms with E-state index >= 15 is 0 Å². The second-order valence-corrected chi connectivity index (χ2v) is 6.51. The Kier molecular flexibility index (Phi) is 4.33. The smallest absolute Gasteiger partial charge is 0.243 e. The fourth-order valence-electron chi connectivity index (χ4n) is 2.09. The molecule has 2 rings (SSSR count). The maximum atomic E-state index is 13.8.